The third kappa shape index (κ3) is 2.85. The molecule has 0 radical (unpaired) electrons. The summed E-state index contributed by atoms with van der Waals surface area (Å²) in [6, 6.07) is 0.424. The van der Waals surface area contributed by atoms with E-state index in [1.165, 1.54) is 5.56 Å². The number of hydrogen-bond acceptors (Lipinski definition) is 5. The molecule has 0 spiro atoms. The van der Waals surface area contributed by atoms with Crippen LogP contribution in [0.4, 0.5) is 0 Å². The topological polar surface area (TPSA) is 68.8 Å². The lowest BCUT2D eigenvalue weighted by Gasteiger charge is -2.23. The van der Waals surface area contributed by atoms with Crippen molar-refractivity contribution in [2.24, 2.45) is 0 Å². The van der Waals surface area contributed by atoms with Crippen molar-refractivity contribution >= 4 is 0 Å². The lowest BCUT2D eigenvalue weighted by atomic mass is 10.1. The van der Waals surface area contributed by atoms with Crippen LogP contribution in [0.25, 0.3) is 0 Å². The maximum atomic E-state index is 5.20. The summed E-state index contributed by atoms with van der Waals surface area (Å²) in [4.78, 5) is 4.62. The highest BCUT2D eigenvalue weighted by molar-refractivity contribution is 5.20. The number of rotatable bonds is 4. The van der Waals surface area contributed by atoms with E-state index in [0.717, 1.165) is 49.0 Å². The van der Waals surface area contributed by atoms with Crippen LogP contribution >= 0.6 is 0 Å². The van der Waals surface area contributed by atoms with Gasteiger partial charge in [0, 0.05) is 30.5 Å². The van der Waals surface area contributed by atoms with Gasteiger partial charge in [0.25, 0.3) is 0 Å². The molecule has 0 aliphatic carbocycles. The van der Waals surface area contributed by atoms with Crippen molar-refractivity contribution in [3.05, 3.63) is 28.7 Å². The Bertz CT molecular complexity index is 609. The zero-order chi connectivity index (χ0) is 15.0. The SMILES string of the molecule is Cc1noc(C)c1CN[C@H]1CCc2nc(C(C)C)nn2C1. The minimum Gasteiger partial charge on any atom is -0.361 e. The second-order valence-corrected chi connectivity index (χ2v) is 6.14. The second kappa shape index (κ2) is 5.60. The van der Waals surface area contributed by atoms with Crippen LogP contribution in [0.2, 0.25) is 0 Å². The molecule has 21 heavy (non-hydrogen) atoms. The van der Waals surface area contributed by atoms with Crippen LogP contribution in [-0.4, -0.2) is 26.0 Å². The van der Waals surface area contributed by atoms with Gasteiger partial charge in [-0.3, -0.25) is 0 Å². The molecule has 3 rings (SSSR count). The third-order valence-corrected chi connectivity index (χ3v) is 4.14. The maximum Gasteiger partial charge on any atom is 0.153 e. The molecule has 6 heteroatoms. The Morgan fingerprint density at radius 1 is 1.38 bits per heavy atom. The van der Waals surface area contributed by atoms with Gasteiger partial charge < -0.3 is 9.84 Å². The number of aryl methyl sites for hydroxylation is 3. The number of nitrogens with one attached hydrogen (secondary N) is 1. The highest BCUT2D eigenvalue weighted by Crippen LogP contribution is 2.18. The van der Waals surface area contributed by atoms with E-state index in [9.17, 15) is 0 Å². The largest absolute Gasteiger partial charge is 0.361 e. The Labute approximate surface area is 124 Å². The molecule has 1 N–H and O–H groups in total. The van der Waals surface area contributed by atoms with Crippen LogP contribution in [0.15, 0.2) is 4.52 Å². The minimum absolute atomic E-state index is 0.386. The molecule has 1 atom stereocenters. The molecular formula is C15H23N5O. The summed E-state index contributed by atoms with van der Waals surface area (Å²) in [6.45, 7) is 9.90. The Kier molecular flexibility index (Phi) is 3.80. The predicted molar refractivity (Wildman–Crippen MR) is 79.0 cm³/mol. The van der Waals surface area contributed by atoms with Gasteiger partial charge in [0.1, 0.15) is 11.6 Å². The van der Waals surface area contributed by atoms with E-state index in [1.807, 2.05) is 13.8 Å². The molecule has 2 aromatic heterocycles. The summed E-state index contributed by atoms with van der Waals surface area (Å²) in [6.07, 6.45) is 2.08. The highest BCUT2D eigenvalue weighted by Gasteiger charge is 2.22. The number of nitrogens with zero attached hydrogens (tertiary/aromatic N) is 4. The van der Waals surface area contributed by atoms with Gasteiger partial charge in [0.15, 0.2) is 5.82 Å². The van der Waals surface area contributed by atoms with Crippen molar-refractivity contribution < 1.29 is 4.52 Å². The van der Waals surface area contributed by atoms with Crippen LogP contribution in [0, 0.1) is 13.8 Å². The van der Waals surface area contributed by atoms with Crippen LogP contribution in [-0.2, 0) is 19.5 Å². The molecule has 0 saturated heterocycles. The molecular weight excluding hydrogens is 266 g/mol. The minimum atomic E-state index is 0.386. The number of hydrogen-bond donors (Lipinski definition) is 1. The Morgan fingerprint density at radius 3 is 2.86 bits per heavy atom. The molecule has 0 fully saturated rings. The first-order valence-corrected chi connectivity index (χ1v) is 7.63. The van der Waals surface area contributed by atoms with Crippen molar-refractivity contribution in [3.63, 3.8) is 0 Å². The maximum absolute atomic E-state index is 5.20. The Hall–Kier alpha value is -1.69. The van der Waals surface area contributed by atoms with E-state index in [2.05, 4.69) is 39.1 Å². The molecule has 6 nitrogen and oxygen atoms in total. The summed E-state index contributed by atoms with van der Waals surface area (Å²) in [5.74, 6) is 3.36. The fourth-order valence-corrected chi connectivity index (χ4v) is 2.74. The summed E-state index contributed by atoms with van der Waals surface area (Å²) >= 11 is 0. The van der Waals surface area contributed by atoms with Crippen LogP contribution in [0.1, 0.15) is 54.9 Å². The van der Waals surface area contributed by atoms with Crippen LogP contribution < -0.4 is 5.32 Å². The first-order valence-electron chi connectivity index (χ1n) is 7.63. The average Bonchev–Trinajstić information content (AvgIpc) is 3.01. The number of aromatic nitrogens is 4. The zero-order valence-electron chi connectivity index (χ0n) is 13.2. The molecule has 3 heterocycles. The quantitative estimate of drug-likeness (QED) is 0.933. The Balaban J connectivity index is 1.64. The standard InChI is InChI=1S/C15H23N5O/c1-9(2)15-17-14-6-5-12(8-20(14)18-15)16-7-13-10(3)19-21-11(13)4/h9,12,16H,5-8H2,1-4H3/t12-/m0/s1. The van der Waals surface area contributed by atoms with Crippen molar-refractivity contribution in [1.82, 2.24) is 25.2 Å². The first-order chi connectivity index (χ1) is 10.0. The first kappa shape index (κ1) is 14.3. The van der Waals surface area contributed by atoms with Crippen molar-refractivity contribution in [1.29, 1.82) is 0 Å². The second-order valence-electron chi connectivity index (χ2n) is 6.14. The van der Waals surface area contributed by atoms with Gasteiger partial charge in [-0.2, -0.15) is 5.10 Å². The number of fused-ring (bicyclic) bond motifs is 1. The van der Waals surface area contributed by atoms with Crippen molar-refractivity contribution in [2.75, 3.05) is 0 Å². The summed E-state index contributed by atoms with van der Waals surface area (Å²) in [5.41, 5.74) is 2.14. The van der Waals surface area contributed by atoms with E-state index in [4.69, 9.17) is 4.52 Å². The summed E-state index contributed by atoms with van der Waals surface area (Å²) in [5, 5.41) is 12.2. The summed E-state index contributed by atoms with van der Waals surface area (Å²) in [7, 11) is 0. The van der Waals surface area contributed by atoms with Crippen molar-refractivity contribution in [3.8, 4) is 0 Å². The van der Waals surface area contributed by atoms with E-state index < -0.39 is 0 Å². The lowest BCUT2D eigenvalue weighted by Crippen LogP contribution is -2.37. The molecule has 114 valence electrons. The van der Waals surface area contributed by atoms with Gasteiger partial charge in [-0.25, -0.2) is 9.67 Å². The fraction of sp³-hybridized carbons (Fsp3) is 0.667. The average molecular weight is 289 g/mol. The molecule has 0 aromatic carbocycles. The van der Waals surface area contributed by atoms with Crippen LogP contribution in [0.3, 0.4) is 0 Å². The van der Waals surface area contributed by atoms with E-state index in [1.54, 1.807) is 0 Å². The molecule has 2 aromatic rings. The van der Waals surface area contributed by atoms with Crippen LogP contribution in [0.5, 0.6) is 0 Å². The molecule has 1 aliphatic rings. The monoisotopic (exact) mass is 289 g/mol. The smallest absolute Gasteiger partial charge is 0.153 e. The van der Waals surface area contributed by atoms with Gasteiger partial charge in [-0.05, 0) is 20.3 Å². The molecule has 1 aliphatic heterocycles. The Morgan fingerprint density at radius 2 is 2.19 bits per heavy atom. The lowest BCUT2D eigenvalue weighted by molar-refractivity contribution is 0.355. The molecule has 0 amide bonds. The van der Waals surface area contributed by atoms with E-state index in [0.29, 0.717) is 12.0 Å². The van der Waals surface area contributed by atoms with E-state index in [-0.39, 0.29) is 0 Å². The third-order valence-electron chi connectivity index (χ3n) is 4.14. The zero-order valence-corrected chi connectivity index (χ0v) is 13.2. The van der Waals surface area contributed by atoms with Gasteiger partial charge in [-0.1, -0.05) is 19.0 Å². The fourth-order valence-electron chi connectivity index (χ4n) is 2.74. The van der Waals surface area contributed by atoms with Gasteiger partial charge in [0.05, 0.1) is 12.2 Å². The molecule has 0 bridgehead atoms. The van der Waals surface area contributed by atoms with Gasteiger partial charge >= 0.3 is 0 Å². The summed E-state index contributed by atoms with van der Waals surface area (Å²) < 4.78 is 7.26. The highest BCUT2D eigenvalue weighted by atomic mass is 16.5. The normalized spacial score (nSPS) is 18.2. The molecule has 0 unspecified atom stereocenters. The van der Waals surface area contributed by atoms with Gasteiger partial charge in [-0.15, -0.1) is 0 Å². The van der Waals surface area contributed by atoms with Crippen molar-refractivity contribution in [2.45, 2.75) is 65.6 Å². The van der Waals surface area contributed by atoms with Gasteiger partial charge in [0.2, 0.25) is 0 Å². The molecule has 0 saturated carbocycles. The predicted octanol–water partition coefficient (Wildman–Crippen LogP) is 2.11. The van der Waals surface area contributed by atoms with E-state index >= 15 is 0 Å².